The smallest absolute Gasteiger partial charge is 0.240 e. The number of benzene rings is 1. The quantitative estimate of drug-likeness (QED) is 0.874. The highest BCUT2D eigenvalue weighted by Gasteiger charge is 2.26. The normalized spacial score (nSPS) is 21.0. The number of Topliss-reactive ketones (excluding diaryl/α,β-unsaturated/α-hetero) is 1. The van der Waals surface area contributed by atoms with Crippen LogP contribution in [0.3, 0.4) is 0 Å². The Hall–Kier alpha value is -1.70. The van der Waals surface area contributed by atoms with Gasteiger partial charge in [0, 0.05) is 41.7 Å². The third-order valence-corrected chi connectivity index (χ3v) is 6.66. The molecule has 1 saturated heterocycles. The molecule has 1 fully saturated rings. The fourth-order valence-electron chi connectivity index (χ4n) is 3.82. The molecule has 2 N–H and O–H groups in total. The molecular weight excluding hydrogens is 340 g/mol. The van der Waals surface area contributed by atoms with Crippen LogP contribution in [0.5, 0.6) is 0 Å². The van der Waals surface area contributed by atoms with E-state index >= 15 is 0 Å². The van der Waals surface area contributed by atoms with E-state index in [1.807, 2.05) is 6.07 Å². The number of sulfonamides is 1. The summed E-state index contributed by atoms with van der Waals surface area (Å²) in [5.41, 5.74) is 3.02. The topological polar surface area (TPSA) is 88.3 Å². The van der Waals surface area contributed by atoms with Crippen LogP contribution < -0.4 is 4.72 Å². The van der Waals surface area contributed by atoms with Crippen LogP contribution in [-0.4, -0.2) is 38.4 Å². The summed E-state index contributed by atoms with van der Waals surface area (Å²) >= 11 is 0. The maximum Gasteiger partial charge on any atom is 0.240 e. The number of aromatic amines is 1. The van der Waals surface area contributed by atoms with Crippen LogP contribution in [0.2, 0.25) is 0 Å². The highest BCUT2D eigenvalue weighted by molar-refractivity contribution is 7.89. The minimum Gasteiger partial charge on any atom is -0.377 e. The van der Waals surface area contributed by atoms with Crippen molar-refractivity contribution >= 4 is 26.7 Å². The van der Waals surface area contributed by atoms with Crippen molar-refractivity contribution in [3.63, 3.8) is 0 Å². The molecule has 7 heteroatoms. The first-order valence-corrected chi connectivity index (χ1v) is 10.2. The third-order valence-electron chi connectivity index (χ3n) is 5.10. The highest BCUT2D eigenvalue weighted by atomic mass is 32.2. The number of carbonyl (C=O) groups excluding carboxylic acids is 1. The van der Waals surface area contributed by atoms with Crippen LogP contribution in [0.25, 0.3) is 10.9 Å². The van der Waals surface area contributed by atoms with Crippen LogP contribution in [0, 0.1) is 6.92 Å². The van der Waals surface area contributed by atoms with E-state index in [0.29, 0.717) is 30.7 Å². The summed E-state index contributed by atoms with van der Waals surface area (Å²) in [6.45, 7) is 2.76. The van der Waals surface area contributed by atoms with Crippen molar-refractivity contribution in [2.24, 2.45) is 0 Å². The van der Waals surface area contributed by atoms with E-state index in [9.17, 15) is 13.2 Å². The van der Waals surface area contributed by atoms with Crippen molar-refractivity contribution < 1.29 is 17.9 Å². The van der Waals surface area contributed by atoms with Crippen molar-refractivity contribution in [2.75, 3.05) is 13.2 Å². The molecular formula is C18H22N2O4S. The van der Waals surface area contributed by atoms with E-state index in [-0.39, 0.29) is 16.8 Å². The lowest BCUT2D eigenvalue weighted by Crippen LogP contribution is -2.32. The van der Waals surface area contributed by atoms with Gasteiger partial charge in [0.1, 0.15) is 0 Å². The number of ether oxygens (including phenoxy) is 1. The molecule has 0 bridgehead atoms. The van der Waals surface area contributed by atoms with Gasteiger partial charge in [-0.25, -0.2) is 13.1 Å². The first kappa shape index (κ1) is 16.8. The lowest BCUT2D eigenvalue weighted by atomic mass is 9.94. The molecule has 1 aromatic carbocycles. The van der Waals surface area contributed by atoms with Crippen molar-refractivity contribution in [2.45, 2.75) is 50.0 Å². The molecule has 2 aromatic rings. The molecule has 2 heterocycles. The number of hydrogen-bond acceptors (Lipinski definition) is 4. The summed E-state index contributed by atoms with van der Waals surface area (Å²) in [5, 5.41) is 0.829. The van der Waals surface area contributed by atoms with Gasteiger partial charge in [-0.1, -0.05) is 0 Å². The zero-order chi connectivity index (χ0) is 17.6. The van der Waals surface area contributed by atoms with Gasteiger partial charge in [-0.2, -0.15) is 0 Å². The number of aryl methyl sites for hydroxylation is 2. The Labute approximate surface area is 147 Å². The number of aromatic nitrogens is 1. The fourth-order valence-corrected chi connectivity index (χ4v) is 5.13. The average molecular weight is 362 g/mol. The molecule has 0 radical (unpaired) electrons. The van der Waals surface area contributed by atoms with Crippen LogP contribution in [-0.2, 0) is 21.2 Å². The number of nitrogens with one attached hydrogen (secondary N) is 2. The monoisotopic (exact) mass is 362 g/mol. The number of hydrogen-bond donors (Lipinski definition) is 2. The molecule has 1 aliphatic carbocycles. The maximum absolute atomic E-state index is 12.7. The Kier molecular flexibility index (Phi) is 4.17. The van der Waals surface area contributed by atoms with Crippen LogP contribution in [0.1, 0.15) is 47.3 Å². The van der Waals surface area contributed by atoms with E-state index in [2.05, 4.69) is 9.71 Å². The molecule has 2 aliphatic rings. The third kappa shape index (κ3) is 3.01. The largest absolute Gasteiger partial charge is 0.377 e. The minimum absolute atomic E-state index is 0.0470. The second kappa shape index (κ2) is 6.23. The summed E-state index contributed by atoms with van der Waals surface area (Å²) in [6, 6.07) is 3.46. The fraction of sp³-hybridized carbons (Fsp3) is 0.500. The van der Waals surface area contributed by atoms with Gasteiger partial charge < -0.3 is 9.72 Å². The minimum atomic E-state index is -3.62. The van der Waals surface area contributed by atoms with Gasteiger partial charge in [-0.15, -0.1) is 0 Å². The predicted molar refractivity (Wildman–Crippen MR) is 94.5 cm³/mol. The number of carbonyl (C=O) groups is 1. The highest BCUT2D eigenvalue weighted by Crippen LogP contribution is 2.32. The summed E-state index contributed by atoms with van der Waals surface area (Å²) in [5.74, 6) is 0.138. The Balaban J connectivity index is 1.70. The Morgan fingerprint density at radius 1 is 1.28 bits per heavy atom. The molecule has 1 aromatic heterocycles. The van der Waals surface area contributed by atoms with Crippen molar-refractivity contribution in [3.8, 4) is 0 Å². The Bertz CT molecular complexity index is 940. The van der Waals surface area contributed by atoms with E-state index in [1.165, 1.54) is 0 Å². The lowest BCUT2D eigenvalue weighted by molar-refractivity contribution is 0.0974. The van der Waals surface area contributed by atoms with Crippen molar-refractivity contribution in [1.82, 2.24) is 9.71 Å². The molecule has 4 rings (SSSR count). The average Bonchev–Trinajstić information content (AvgIpc) is 3.20. The van der Waals surface area contributed by atoms with Gasteiger partial charge in [-0.3, -0.25) is 4.79 Å². The van der Waals surface area contributed by atoms with Crippen LogP contribution in [0.15, 0.2) is 17.0 Å². The molecule has 134 valence electrons. The summed E-state index contributed by atoms with van der Waals surface area (Å²) < 4.78 is 33.6. The molecule has 25 heavy (non-hydrogen) atoms. The molecule has 1 aliphatic heterocycles. The predicted octanol–water partition coefficient (Wildman–Crippen LogP) is 2.45. The van der Waals surface area contributed by atoms with E-state index in [0.717, 1.165) is 42.3 Å². The van der Waals surface area contributed by atoms with Gasteiger partial charge >= 0.3 is 0 Å². The second-order valence-electron chi connectivity index (χ2n) is 6.91. The van der Waals surface area contributed by atoms with Gasteiger partial charge in [0.2, 0.25) is 10.0 Å². The lowest BCUT2D eigenvalue weighted by Gasteiger charge is -2.13. The van der Waals surface area contributed by atoms with Crippen molar-refractivity contribution in [1.29, 1.82) is 0 Å². The standard InChI is InChI=1S/C18H22N2O4S/c1-11-8-13-15(20-14-5-2-6-16(21)18(13)14)9-17(11)25(22,23)19-10-12-4-3-7-24-12/h8-9,12,19-20H,2-7,10H2,1H3. The zero-order valence-electron chi connectivity index (χ0n) is 14.2. The first-order chi connectivity index (χ1) is 12.0. The number of ketones is 1. The number of rotatable bonds is 4. The zero-order valence-corrected chi connectivity index (χ0v) is 15.0. The Morgan fingerprint density at radius 3 is 2.88 bits per heavy atom. The summed E-state index contributed by atoms with van der Waals surface area (Å²) in [4.78, 5) is 15.7. The molecule has 0 spiro atoms. The van der Waals surface area contributed by atoms with E-state index < -0.39 is 10.0 Å². The summed E-state index contributed by atoms with van der Waals surface area (Å²) in [6.07, 6.45) is 4.03. The van der Waals surface area contributed by atoms with Gasteiger partial charge in [0.05, 0.1) is 11.0 Å². The molecule has 1 atom stereocenters. The Morgan fingerprint density at radius 2 is 2.12 bits per heavy atom. The van der Waals surface area contributed by atoms with Gasteiger partial charge in [0.15, 0.2) is 5.78 Å². The summed E-state index contributed by atoms with van der Waals surface area (Å²) in [7, 11) is -3.62. The molecule has 0 amide bonds. The first-order valence-electron chi connectivity index (χ1n) is 8.75. The molecule has 6 nitrogen and oxygen atoms in total. The maximum atomic E-state index is 12.7. The van der Waals surface area contributed by atoms with E-state index in [1.54, 1.807) is 13.0 Å². The molecule has 0 saturated carbocycles. The van der Waals surface area contributed by atoms with Crippen LogP contribution in [0.4, 0.5) is 0 Å². The number of H-pyrrole nitrogens is 1. The number of fused-ring (bicyclic) bond motifs is 3. The van der Waals surface area contributed by atoms with Crippen LogP contribution >= 0.6 is 0 Å². The van der Waals surface area contributed by atoms with Gasteiger partial charge in [0.25, 0.3) is 0 Å². The van der Waals surface area contributed by atoms with Crippen molar-refractivity contribution in [3.05, 3.63) is 29.0 Å². The van der Waals surface area contributed by atoms with Gasteiger partial charge in [-0.05, 0) is 50.3 Å². The van der Waals surface area contributed by atoms with E-state index in [4.69, 9.17) is 4.74 Å². The second-order valence-corrected chi connectivity index (χ2v) is 8.64. The molecule has 1 unspecified atom stereocenters. The SMILES string of the molecule is Cc1cc2c3c([nH]c2cc1S(=O)(=O)NCC1CCCO1)CCCC3=O.